The van der Waals surface area contributed by atoms with Crippen LogP contribution in [0.2, 0.25) is 0 Å². The number of aliphatic hydroxyl groups excluding tert-OH is 3. The summed E-state index contributed by atoms with van der Waals surface area (Å²) < 4.78 is 37.0. The van der Waals surface area contributed by atoms with Crippen LogP contribution in [0, 0.1) is 52.3 Å². The molecule has 0 bridgehead atoms. The van der Waals surface area contributed by atoms with Crippen LogP contribution in [0.5, 0.6) is 0 Å². The standard InChI is InChI=1S/C25H44O7S.Na/c1-5-16-19-12-15(26)8-10-24(19,3)20-13-21(27)25(4)17(6-7-18(25)22(20)23(16)28)14(2)9-11-32-33(29,30)31;/h14-23,26-28H,5-13H2,1-4H3,(H,29,30,31);/q;+1/p-1/t14-,15-,16-,17?,18?,19+,20?,21+,22?,23+,24+,25-;/m1./s1. The molecule has 9 heteroatoms. The second-order valence-corrected chi connectivity index (χ2v) is 13.2. The van der Waals surface area contributed by atoms with Crippen molar-refractivity contribution < 1.29 is 62.0 Å². The van der Waals surface area contributed by atoms with E-state index in [1.165, 1.54) is 0 Å². The fraction of sp³-hybridized carbons (Fsp3) is 1.00. The van der Waals surface area contributed by atoms with Gasteiger partial charge >= 0.3 is 29.6 Å². The van der Waals surface area contributed by atoms with Crippen molar-refractivity contribution in [3.8, 4) is 0 Å². The minimum atomic E-state index is -4.70. The molecule has 0 aromatic heterocycles. The summed E-state index contributed by atoms with van der Waals surface area (Å²) in [5, 5.41) is 33.8. The van der Waals surface area contributed by atoms with Gasteiger partial charge in [0.1, 0.15) is 0 Å². The summed E-state index contributed by atoms with van der Waals surface area (Å²) in [6.45, 7) is 8.60. The molecule has 4 fully saturated rings. The molecule has 34 heavy (non-hydrogen) atoms. The molecule has 12 atom stereocenters. The maximum absolute atomic E-state index is 11.7. The molecule has 0 heterocycles. The second-order valence-electron chi connectivity index (χ2n) is 12.2. The number of hydrogen-bond acceptors (Lipinski definition) is 7. The third-order valence-electron chi connectivity index (χ3n) is 11.1. The Morgan fingerprint density at radius 1 is 1.06 bits per heavy atom. The molecule has 4 aliphatic rings. The largest absolute Gasteiger partial charge is 1.00 e. The van der Waals surface area contributed by atoms with Gasteiger partial charge in [0.2, 0.25) is 10.4 Å². The Hall–Kier alpha value is 0.750. The summed E-state index contributed by atoms with van der Waals surface area (Å²) in [5.41, 5.74) is -0.334. The number of aliphatic hydroxyl groups is 3. The van der Waals surface area contributed by atoms with Crippen molar-refractivity contribution in [1.82, 2.24) is 0 Å². The predicted octanol–water partition coefficient (Wildman–Crippen LogP) is 0.0909. The Kier molecular flexibility index (Phi) is 9.04. The summed E-state index contributed by atoms with van der Waals surface area (Å²) >= 11 is 0. The van der Waals surface area contributed by atoms with Gasteiger partial charge in [0.15, 0.2) is 0 Å². The molecule has 0 saturated heterocycles. The minimum Gasteiger partial charge on any atom is -0.726 e. The van der Waals surface area contributed by atoms with E-state index in [1.54, 1.807) is 0 Å². The van der Waals surface area contributed by atoms with Gasteiger partial charge < -0.3 is 19.9 Å². The topological polar surface area (TPSA) is 127 Å². The quantitative estimate of drug-likeness (QED) is 0.263. The molecule has 4 unspecified atom stereocenters. The van der Waals surface area contributed by atoms with Gasteiger partial charge in [-0.15, -0.1) is 0 Å². The van der Waals surface area contributed by atoms with E-state index in [9.17, 15) is 28.3 Å². The molecule has 4 saturated carbocycles. The van der Waals surface area contributed by atoms with Gasteiger partial charge in [-0.2, -0.15) is 0 Å². The van der Waals surface area contributed by atoms with Gasteiger partial charge in [0.05, 0.1) is 24.9 Å². The van der Waals surface area contributed by atoms with E-state index in [1.807, 2.05) is 0 Å². The van der Waals surface area contributed by atoms with Crippen molar-refractivity contribution in [1.29, 1.82) is 0 Å². The molecule has 7 nitrogen and oxygen atoms in total. The Labute approximate surface area is 227 Å². The van der Waals surface area contributed by atoms with E-state index >= 15 is 0 Å². The van der Waals surface area contributed by atoms with Gasteiger partial charge in [-0.25, -0.2) is 8.42 Å². The summed E-state index contributed by atoms with van der Waals surface area (Å²) in [7, 11) is -4.70. The zero-order valence-corrected chi connectivity index (χ0v) is 24.3. The number of fused-ring (bicyclic) bond motifs is 5. The summed E-state index contributed by atoms with van der Waals surface area (Å²) in [4.78, 5) is 0. The van der Waals surface area contributed by atoms with Crippen LogP contribution >= 0.6 is 0 Å². The van der Waals surface area contributed by atoms with Gasteiger partial charge in [0, 0.05) is 0 Å². The molecule has 3 N–H and O–H groups in total. The molecular formula is C25H43NaO7S. The molecule has 192 valence electrons. The molecule has 4 aliphatic carbocycles. The van der Waals surface area contributed by atoms with E-state index in [0.717, 1.165) is 38.5 Å². The van der Waals surface area contributed by atoms with E-state index < -0.39 is 22.6 Å². The molecule has 0 amide bonds. The van der Waals surface area contributed by atoms with Crippen LogP contribution in [-0.4, -0.2) is 53.2 Å². The zero-order chi connectivity index (χ0) is 24.3. The number of rotatable bonds is 6. The Morgan fingerprint density at radius 3 is 2.35 bits per heavy atom. The van der Waals surface area contributed by atoms with E-state index in [0.29, 0.717) is 12.8 Å². The molecule has 0 aliphatic heterocycles. The first-order valence-electron chi connectivity index (χ1n) is 13.0. The Bertz CT molecular complexity index is 824. The molecule has 0 aromatic rings. The SMILES string of the molecule is CC[C@H]1[C@H](O)C2C3CCC([C@H](C)CCOS(=O)(=O)[O-])[C@@]3(C)[C@@H](O)CC2[C@@]2(C)CC[C@@H](O)C[C@@H]12.[Na+]. The van der Waals surface area contributed by atoms with Crippen LogP contribution in [0.1, 0.15) is 79.1 Å². The first-order chi connectivity index (χ1) is 15.3. The first-order valence-corrected chi connectivity index (χ1v) is 14.3. The van der Waals surface area contributed by atoms with Crippen molar-refractivity contribution in [2.24, 2.45) is 52.3 Å². The molecule has 0 radical (unpaired) electrons. The van der Waals surface area contributed by atoms with Gasteiger partial charge in [0.25, 0.3) is 0 Å². The third-order valence-corrected chi connectivity index (χ3v) is 11.5. The predicted molar refractivity (Wildman–Crippen MR) is 123 cm³/mol. The van der Waals surface area contributed by atoms with E-state index in [4.69, 9.17) is 0 Å². The van der Waals surface area contributed by atoms with Gasteiger partial charge in [-0.05, 0) is 97.2 Å². The van der Waals surface area contributed by atoms with Gasteiger partial charge in [-0.1, -0.05) is 34.1 Å². The summed E-state index contributed by atoms with van der Waals surface area (Å²) in [6.07, 6.45) is 5.16. The van der Waals surface area contributed by atoms with Crippen molar-refractivity contribution >= 4 is 10.4 Å². The smallest absolute Gasteiger partial charge is 0.726 e. The molecule has 0 aromatic carbocycles. The van der Waals surface area contributed by atoms with Crippen molar-refractivity contribution in [2.45, 2.75) is 97.4 Å². The first kappa shape index (κ1) is 29.3. The second kappa shape index (κ2) is 10.5. The Morgan fingerprint density at radius 2 is 1.74 bits per heavy atom. The number of hydrogen-bond donors (Lipinski definition) is 3. The maximum Gasteiger partial charge on any atom is 1.00 e. The average Bonchev–Trinajstić information content (AvgIpc) is 3.08. The third kappa shape index (κ3) is 4.82. The average molecular weight is 511 g/mol. The van der Waals surface area contributed by atoms with Crippen LogP contribution in [0.3, 0.4) is 0 Å². The normalized spacial score (nSPS) is 49.4. The van der Waals surface area contributed by atoms with Crippen molar-refractivity contribution in [2.75, 3.05) is 6.61 Å². The fourth-order valence-corrected chi connectivity index (χ4v) is 9.73. The summed E-state index contributed by atoms with van der Waals surface area (Å²) in [6, 6.07) is 0. The van der Waals surface area contributed by atoms with Crippen LogP contribution < -0.4 is 29.6 Å². The van der Waals surface area contributed by atoms with Crippen molar-refractivity contribution in [3.05, 3.63) is 0 Å². The monoisotopic (exact) mass is 510 g/mol. The Balaban J connectivity index is 0.00000324. The zero-order valence-electron chi connectivity index (χ0n) is 21.5. The maximum atomic E-state index is 11.7. The van der Waals surface area contributed by atoms with E-state index in [-0.39, 0.29) is 94.5 Å². The molecule has 0 spiro atoms. The van der Waals surface area contributed by atoms with Crippen LogP contribution in [0.15, 0.2) is 0 Å². The fourth-order valence-electron chi connectivity index (χ4n) is 9.43. The summed E-state index contributed by atoms with van der Waals surface area (Å²) in [5.74, 6) is 1.31. The van der Waals surface area contributed by atoms with Crippen LogP contribution in [-0.2, 0) is 14.6 Å². The van der Waals surface area contributed by atoms with Gasteiger partial charge in [-0.3, -0.25) is 4.18 Å². The molecule has 4 rings (SSSR count). The minimum absolute atomic E-state index is 0. The van der Waals surface area contributed by atoms with Crippen molar-refractivity contribution in [3.63, 3.8) is 0 Å². The molecular weight excluding hydrogens is 467 g/mol. The van der Waals surface area contributed by atoms with Crippen LogP contribution in [0.25, 0.3) is 0 Å². The van der Waals surface area contributed by atoms with E-state index in [2.05, 4.69) is 31.9 Å². The van der Waals surface area contributed by atoms with Crippen LogP contribution in [0.4, 0.5) is 0 Å².